The van der Waals surface area contributed by atoms with Gasteiger partial charge in [0, 0.05) is 29.6 Å². The first-order chi connectivity index (χ1) is 8.63. The third-order valence-electron chi connectivity index (χ3n) is 3.49. The first-order valence-electron chi connectivity index (χ1n) is 6.13. The molecule has 3 nitrogen and oxygen atoms in total. The molecule has 1 aliphatic carbocycles. The van der Waals surface area contributed by atoms with E-state index in [1.165, 1.54) is 24.2 Å². The Balaban J connectivity index is 1.57. The predicted molar refractivity (Wildman–Crippen MR) is 80.2 cm³/mol. The van der Waals surface area contributed by atoms with Crippen LogP contribution >= 0.6 is 43.2 Å². The number of likely N-dealkylation sites (tertiary alicyclic amines) is 1. The van der Waals surface area contributed by atoms with Gasteiger partial charge in [-0.05, 0) is 57.2 Å². The zero-order valence-corrected chi connectivity index (χ0v) is 13.8. The van der Waals surface area contributed by atoms with Gasteiger partial charge in [-0.2, -0.15) is 0 Å². The molecule has 2 fully saturated rings. The highest BCUT2D eigenvalue weighted by atomic mass is 79.9. The van der Waals surface area contributed by atoms with Crippen LogP contribution in [0.2, 0.25) is 0 Å². The monoisotopic (exact) mass is 392 g/mol. The number of rotatable bonds is 3. The summed E-state index contributed by atoms with van der Waals surface area (Å²) in [5.41, 5.74) is 0. The van der Waals surface area contributed by atoms with E-state index in [-0.39, 0.29) is 5.91 Å². The van der Waals surface area contributed by atoms with E-state index >= 15 is 0 Å². The molecular formula is C12H14Br2N2OS. The van der Waals surface area contributed by atoms with Crippen molar-refractivity contribution in [3.05, 3.63) is 19.2 Å². The number of hydrogen-bond donors (Lipinski definition) is 1. The molecule has 0 aromatic carbocycles. The Labute approximate surface area is 127 Å². The molecule has 1 aromatic heterocycles. The summed E-state index contributed by atoms with van der Waals surface area (Å²) < 4.78 is 1.92. The number of nitrogens with one attached hydrogen (secondary N) is 1. The molecular weight excluding hydrogens is 380 g/mol. The molecule has 18 heavy (non-hydrogen) atoms. The number of carbonyl (C=O) groups excluding carboxylic acids is 1. The average Bonchev–Trinajstić information content (AvgIpc) is 3.00. The van der Waals surface area contributed by atoms with E-state index in [2.05, 4.69) is 42.1 Å². The molecule has 1 N–H and O–H groups in total. The molecule has 2 heterocycles. The lowest BCUT2D eigenvalue weighted by Gasteiger charge is -2.15. The standard InChI is InChI=1S/C12H14Br2N2OS/c13-9-5-10(18-11(9)14)12(17)15-7-3-4-16(6-7)8-1-2-8/h5,7-8H,1-4,6H2,(H,15,17). The van der Waals surface area contributed by atoms with E-state index in [4.69, 9.17) is 0 Å². The van der Waals surface area contributed by atoms with E-state index in [0.717, 1.165) is 38.7 Å². The molecule has 1 saturated carbocycles. The molecule has 1 aliphatic heterocycles. The van der Waals surface area contributed by atoms with Crippen LogP contribution in [-0.4, -0.2) is 36.0 Å². The lowest BCUT2D eigenvalue weighted by atomic mass is 10.2. The van der Waals surface area contributed by atoms with Gasteiger partial charge in [-0.15, -0.1) is 11.3 Å². The van der Waals surface area contributed by atoms with Crippen molar-refractivity contribution in [2.45, 2.75) is 31.3 Å². The first kappa shape index (κ1) is 13.1. The minimum atomic E-state index is 0.0500. The van der Waals surface area contributed by atoms with Gasteiger partial charge in [0.15, 0.2) is 0 Å². The first-order valence-corrected chi connectivity index (χ1v) is 8.53. The number of hydrogen-bond acceptors (Lipinski definition) is 3. The van der Waals surface area contributed by atoms with Crippen LogP contribution in [0, 0.1) is 0 Å². The lowest BCUT2D eigenvalue weighted by molar-refractivity contribution is 0.0941. The van der Waals surface area contributed by atoms with Gasteiger partial charge in [0.25, 0.3) is 5.91 Å². The summed E-state index contributed by atoms with van der Waals surface area (Å²) in [7, 11) is 0. The molecule has 0 spiro atoms. The summed E-state index contributed by atoms with van der Waals surface area (Å²) in [6.45, 7) is 2.15. The van der Waals surface area contributed by atoms with Gasteiger partial charge in [0.1, 0.15) is 0 Å². The van der Waals surface area contributed by atoms with Crippen LogP contribution in [0.25, 0.3) is 0 Å². The molecule has 98 valence electrons. The molecule has 1 unspecified atom stereocenters. The van der Waals surface area contributed by atoms with Crippen molar-refractivity contribution in [1.82, 2.24) is 10.2 Å². The van der Waals surface area contributed by atoms with Crippen LogP contribution in [0.15, 0.2) is 14.3 Å². The quantitative estimate of drug-likeness (QED) is 0.854. The summed E-state index contributed by atoms with van der Waals surface area (Å²) in [5, 5.41) is 3.14. The van der Waals surface area contributed by atoms with Crippen LogP contribution in [0.1, 0.15) is 28.9 Å². The highest BCUT2D eigenvalue weighted by Crippen LogP contribution is 2.33. The van der Waals surface area contributed by atoms with E-state index in [1.54, 1.807) is 0 Å². The third kappa shape index (κ3) is 2.81. The second-order valence-electron chi connectivity index (χ2n) is 4.92. The largest absolute Gasteiger partial charge is 0.347 e. The van der Waals surface area contributed by atoms with Crippen molar-refractivity contribution in [2.24, 2.45) is 0 Å². The lowest BCUT2D eigenvalue weighted by Crippen LogP contribution is -2.37. The SMILES string of the molecule is O=C(NC1CCN(C2CC2)C1)c1cc(Br)c(Br)s1. The number of thiophene rings is 1. The van der Waals surface area contributed by atoms with Crippen molar-refractivity contribution in [1.29, 1.82) is 0 Å². The van der Waals surface area contributed by atoms with Gasteiger partial charge in [0.2, 0.25) is 0 Å². The van der Waals surface area contributed by atoms with Gasteiger partial charge >= 0.3 is 0 Å². The number of nitrogens with zero attached hydrogens (tertiary/aromatic N) is 1. The second kappa shape index (κ2) is 5.23. The Hall–Kier alpha value is 0.0900. The Bertz CT molecular complexity index is 453. The smallest absolute Gasteiger partial charge is 0.261 e. The van der Waals surface area contributed by atoms with Crippen LogP contribution < -0.4 is 5.32 Å². The van der Waals surface area contributed by atoms with Gasteiger partial charge < -0.3 is 5.32 Å². The van der Waals surface area contributed by atoms with Crippen molar-refractivity contribution < 1.29 is 4.79 Å². The molecule has 0 bridgehead atoms. The zero-order chi connectivity index (χ0) is 12.7. The fraction of sp³-hybridized carbons (Fsp3) is 0.583. The van der Waals surface area contributed by atoms with E-state index in [0.29, 0.717) is 6.04 Å². The molecule has 6 heteroatoms. The maximum atomic E-state index is 12.1. The number of halogens is 2. The molecule has 1 aromatic rings. The minimum absolute atomic E-state index is 0.0500. The van der Waals surface area contributed by atoms with Gasteiger partial charge in [-0.1, -0.05) is 0 Å². The van der Waals surface area contributed by atoms with Crippen molar-refractivity contribution in [3.63, 3.8) is 0 Å². The number of carbonyl (C=O) groups is 1. The van der Waals surface area contributed by atoms with Crippen LogP contribution in [0.5, 0.6) is 0 Å². The predicted octanol–water partition coefficient (Wildman–Crippen LogP) is 3.24. The van der Waals surface area contributed by atoms with Crippen molar-refractivity contribution >= 4 is 49.1 Å². The van der Waals surface area contributed by atoms with Gasteiger partial charge in [-0.25, -0.2) is 0 Å². The van der Waals surface area contributed by atoms with Gasteiger partial charge in [0.05, 0.1) is 8.66 Å². The maximum Gasteiger partial charge on any atom is 0.261 e. The fourth-order valence-electron chi connectivity index (χ4n) is 2.39. The van der Waals surface area contributed by atoms with E-state index < -0.39 is 0 Å². The summed E-state index contributed by atoms with van der Waals surface area (Å²) >= 11 is 8.30. The normalized spacial score (nSPS) is 24.4. The second-order valence-corrected chi connectivity index (χ2v) is 8.14. The topological polar surface area (TPSA) is 32.3 Å². The average molecular weight is 394 g/mol. The Morgan fingerprint density at radius 2 is 2.17 bits per heavy atom. The third-order valence-corrected chi connectivity index (χ3v) is 6.74. The zero-order valence-electron chi connectivity index (χ0n) is 9.79. The molecule has 2 aliphatic rings. The Morgan fingerprint density at radius 3 is 2.78 bits per heavy atom. The van der Waals surface area contributed by atoms with Gasteiger partial charge in [-0.3, -0.25) is 9.69 Å². The highest BCUT2D eigenvalue weighted by molar-refractivity contribution is 9.13. The molecule has 0 radical (unpaired) electrons. The maximum absolute atomic E-state index is 12.1. The number of amides is 1. The molecule has 1 amide bonds. The minimum Gasteiger partial charge on any atom is -0.347 e. The fourth-order valence-corrected chi connectivity index (χ4v) is 4.33. The van der Waals surface area contributed by atoms with Crippen molar-refractivity contribution in [2.75, 3.05) is 13.1 Å². The summed E-state index contributed by atoms with van der Waals surface area (Å²) in [6, 6.07) is 2.99. The Kier molecular flexibility index (Phi) is 3.80. The van der Waals surface area contributed by atoms with E-state index in [9.17, 15) is 4.79 Å². The molecule has 1 atom stereocenters. The Morgan fingerprint density at radius 1 is 1.39 bits per heavy atom. The van der Waals surface area contributed by atoms with Crippen LogP contribution in [-0.2, 0) is 0 Å². The van der Waals surface area contributed by atoms with Crippen molar-refractivity contribution in [3.8, 4) is 0 Å². The molecule has 3 rings (SSSR count). The summed E-state index contributed by atoms with van der Waals surface area (Å²) in [6.07, 6.45) is 3.76. The van der Waals surface area contributed by atoms with Crippen LogP contribution in [0.4, 0.5) is 0 Å². The van der Waals surface area contributed by atoms with E-state index in [1.807, 2.05) is 6.07 Å². The van der Waals surface area contributed by atoms with Crippen LogP contribution in [0.3, 0.4) is 0 Å². The summed E-state index contributed by atoms with van der Waals surface area (Å²) in [4.78, 5) is 15.4. The molecule has 1 saturated heterocycles. The summed E-state index contributed by atoms with van der Waals surface area (Å²) in [5.74, 6) is 0.0500. The highest BCUT2D eigenvalue weighted by Gasteiger charge is 2.34.